The number of nitrogens with zero attached hydrogens (tertiary/aromatic N) is 3. The lowest BCUT2D eigenvalue weighted by Gasteiger charge is -2.32. The number of rotatable bonds is 4. The highest BCUT2D eigenvalue weighted by Gasteiger charge is 2.30. The summed E-state index contributed by atoms with van der Waals surface area (Å²) in [5.41, 5.74) is 1.02. The Labute approximate surface area is 194 Å². The Morgan fingerprint density at radius 1 is 1.17 bits per heavy atom. The van der Waals surface area contributed by atoms with Crippen molar-refractivity contribution in [2.45, 2.75) is 25.9 Å². The first kappa shape index (κ1) is 22.7. The molecule has 0 radical (unpaired) electrons. The zero-order valence-corrected chi connectivity index (χ0v) is 19.9. The molecule has 0 spiro atoms. The number of hydrogen-bond acceptors (Lipinski definition) is 5. The number of likely N-dealkylation sites (tertiary alicyclic amines) is 1. The molecule has 1 atom stereocenters. The molecule has 1 aromatic rings. The Hall–Kier alpha value is -0.970. The molecule has 0 saturated carbocycles. The van der Waals surface area contributed by atoms with Crippen LogP contribution in [0.15, 0.2) is 17.1 Å². The van der Waals surface area contributed by atoms with Gasteiger partial charge in [0.15, 0.2) is 17.5 Å². The van der Waals surface area contributed by atoms with Crippen molar-refractivity contribution >= 4 is 41.5 Å². The second-order valence-electron chi connectivity index (χ2n) is 7.31. The molecule has 2 fully saturated rings. The maximum atomic E-state index is 6.36. The highest BCUT2D eigenvalue weighted by molar-refractivity contribution is 14.0. The van der Waals surface area contributed by atoms with Crippen LogP contribution in [0.3, 0.4) is 0 Å². The van der Waals surface area contributed by atoms with E-state index in [0.29, 0.717) is 42.3 Å². The van der Waals surface area contributed by atoms with E-state index in [1.807, 2.05) is 12.1 Å². The van der Waals surface area contributed by atoms with Crippen molar-refractivity contribution in [1.29, 1.82) is 0 Å². The summed E-state index contributed by atoms with van der Waals surface area (Å²) in [5.74, 6) is 2.31. The van der Waals surface area contributed by atoms with Crippen molar-refractivity contribution < 1.29 is 14.2 Å². The minimum Gasteiger partial charge on any atom is -0.486 e. The number of morpholine rings is 1. The van der Waals surface area contributed by atoms with Gasteiger partial charge in [0.25, 0.3) is 0 Å². The van der Waals surface area contributed by atoms with E-state index in [2.05, 4.69) is 22.0 Å². The molecule has 0 amide bonds. The van der Waals surface area contributed by atoms with Crippen LogP contribution in [0, 0.1) is 0 Å². The van der Waals surface area contributed by atoms with Gasteiger partial charge < -0.3 is 24.4 Å². The SMILES string of the molecule is CCNC(=NCc1cc(Cl)c2c(c1)OCCO2)N1CCC(N2CCOCC2)C1.I. The van der Waals surface area contributed by atoms with Crippen molar-refractivity contribution in [1.82, 2.24) is 15.1 Å². The smallest absolute Gasteiger partial charge is 0.194 e. The lowest BCUT2D eigenvalue weighted by molar-refractivity contribution is 0.0195. The molecule has 0 aliphatic carbocycles. The lowest BCUT2D eigenvalue weighted by atomic mass is 10.2. The summed E-state index contributed by atoms with van der Waals surface area (Å²) in [6.45, 7) is 10.4. The molecule has 1 unspecified atom stereocenters. The van der Waals surface area contributed by atoms with Crippen LogP contribution < -0.4 is 14.8 Å². The molecule has 4 rings (SSSR count). The summed E-state index contributed by atoms with van der Waals surface area (Å²) >= 11 is 6.36. The average molecular weight is 537 g/mol. The van der Waals surface area contributed by atoms with Gasteiger partial charge in [-0.2, -0.15) is 0 Å². The third-order valence-corrected chi connectivity index (χ3v) is 5.71. The Bertz CT molecular complexity index is 715. The predicted molar refractivity (Wildman–Crippen MR) is 125 cm³/mol. The molecule has 9 heteroatoms. The quantitative estimate of drug-likeness (QED) is 0.363. The van der Waals surface area contributed by atoms with Gasteiger partial charge >= 0.3 is 0 Å². The molecule has 3 aliphatic heterocycles. The number of ether oxygens (including phenoxy) is 3. The molecule has 2 saturated heterocycles. The Morgan fingerprint density at radius 2 is 1.97 bits per heavy atom. The van der Waals surface area contributed by atoms with E-state index < -0.39 is 0 Å². The number of halogens is 2. The third kappa shape index (κ3) is 5.59. The van der Waals surface area contributed by atoms with Gasteiger partial charge in [-0.15, -0.1) is 24.0 Å². The van der Waals surface area contributed by atoms with Crippen LogP contribution >= 0.6 is 35.6 Å². The van der Waals surface area contributed by atoms with E-state index in [-0.39, 0.29) is 24.0 Å². The van der Waals surface area contributed by atoms with E-state index in [0.717, 1.165) is 57.5 Å². The first-order valence-corrected chi connectivity index (χ1v) is 10.6. The first-order valence-electron chi connectivity index (χ1n) is 10.2. The third-order valence-electron chi connectivity index (χ3n) is 5.43. The lowest BCUT2D eigenvalue weighted by Crippen LogP contribution is -2.46. The van der Waals surface area contributed by atoms with E-state index >= 15 is 0 Å². The van der Waals surface area contributed by atoms with E-state index in [9.17, 15) is 0 Å². The van der Waals surface area contributed by atoms with Crippen LogP contribution in [0.5, 0.6) is 11.5 Å². The van der Waals surface area contributed by atoms with Crippen molar-refractivity contribution in [3.8, 4) is 11.5 Å². The topological polar surface area (TPSA) is 58.6 Å². The minimum atomic E-state index is 0. The highest BCUT2D eigenvalue weighted by atomic mass is 127. The second kappa shape index (κ2) is 10.9. The second-order valence-corrected chi connectivity index (χ2v) is 7.72. The molecule has 3 aliphatic rings. The van der Waals surface area contributed by atoms with Crippen LogP contribution in [0.25, 0.3) is 0 Å². The number of nitrogens with one attached hydrogen (secondary N) is 1. The minimum absolute atomic E-state index is 0. The molecule has 0 bridgehead atoms. The van der Waals surface area contributed by atoms with Crippen LogP contribution in [0.2, 0.25) is 5.02 Å². The van der Waals surface area contributed by atoms with Crippen LogP contribution in [0.4, 0.5) is 0 Å². The predicted octanol–water partition coefficient (Wildman–Crippen LogP) is 2.60. The van der Waals surface area contributed by atoms with Gasteiger partial charge in [-0.25, -0.2) is 4.99 Å². The van der Waals surface area contributed by atoms with E-state index in [4.69, 9.17) is 30.8 Å². The van der Waals surface area contributed by atoms with Gasteiger partial charge in [-0.05, 0) is 31.0 Å². The Balaban J connectivity index is 0.00000240. The average Bonchev–Trinajstić information content (AvgIpc) is 3.22. The summed E-state index contributed by atoms with van der Waals surface area (Å²) < 4.78 is 16.8. The Morgan fingerprint density at radius 3 is 2.76 bits per heavy atom. The van der Waals surface area contributed by atoms with Gasteiger partial charge in [0.2, 0.25) is 0 Å². The fourth-order valence-electron chi connectivity index (χ4n) is 4.02. The van der Waals surface area contributed by atoms with Crippen LogP contribution in [0.1, 0.15) is 18.9 Å². The van der Waals surface area contributed by atoms with Gasteiger partial charge in [0, 0.05) is 38.8 Å². The van der Waals surface area contributed by atoms with Crippen LogP contribution in [-0.2, 0) is 11.3 Å². The molecule has 3 heterocycles. The highest BCUT2D eigenvalue weighted by Crippen LogP contribution is 2.38. The van der Waals surface area contributed by atoms with Gasteiger partial charge in [-0.3, -0.25) is 4.90 Å². The summed E-state index contributed by atoms with van der Waals surface area (Å²) in [6, 6.07) is 4.48. The van der Waals surface area contributed by atoms with Gasteiger partial charge in [0.05, 0.1) is 24.8 Å². The summed E-state index contributed by atoms with van der Waals surface area (Å²) in [5, 5.41) is 4.02. The molecule has 1 N–H and O–H groups in total. The molecule has 7 nitrogen and oxygen atoms in total. The molecule has 162 valence electrons. The number of hydrogen-bond donors (Lipinski definition) is 1. The normalized spacial score (nSPS) is 22.3. The van der Waals surface area contributed by atoms with E-state index in [1.54, 1.807) is 0 Å². The summed E-state index contributed by atoms with van der Waals surface area (Å²) in [4.78, 5) is 9.78. The number of benzene rings is 1. The fourth-order valence-corrected chi connectivity index (χ4v) is 4.31. The molecule has 0 aromatic heterocycles. The standard InChI is InChI=1S/C20H29ClN4O3.HI/c1-2-22-20(25-4-3-16(14-25)24-5-7-26-8-6-24)23-13-15-11-17(21)19-18(12-15)27-9-10-28-19;/h11-12,16H,2-10,13-14H2,1H3,(H,22,23);1H. The van der Waals surface area contributed by atoms with Crippen molar-refractivity contribution in [2.75, 3.05) is 59.2 Å². The summed E-state index contributed by atoms with van der Waals surface area (Å²) in [6.07, 6.45) is 1.17. The van der Waals surface area contributed by atoms with Crippen LogP contribution in [-0.4, -0.2) is 81.0 Å². The number of fused-ring (bicyclic) bond motifs is 1. The number of aliphatic imine (C=N–C) groups is 1. The Kier molecular flexibility index (Phi) is 8.52. The number of guanidine groups is 1. The maximum absolute atomic E-state index is 6.36. The van der Waals surface area contributed by atoms with Crippen molar-refractivity contribution in [2.24, 2.45) is 4.99 Å². The largest absolute Gasteiger partial charge is 0.486 e. The molecular formula is C20H30ClIN4O3. The van der Waals surface area contributed by atoms with Crippen molar-refractivity contribution in [3.63, 3.8) is 0 Å². The molecular weight excluding hydrogens is 507 g/mol. The molecule has 29 heavy (non-hydrogen) atoms. The van der Waals surface area contributed by atoms with Crippen molar-refractivity contribution in [3.05, 3.63) is 22.7 Å². The van der Waals surface area contributed by atoms with Gasteiger partial charge in [0.1, 0.15) is 13.2 Å². The fraction of sp³-hybridized carbons (Fsp3) is 0.650. The first-order chi connectivity index (χ1) is 13.7. The molecule has 1 aromatic carbocycles. The zero-order chi connectivity index (χ0) is 19.3. The maximum Gasteiger partial charge on any atom is 0.194 e. The monoisotopic (exact) mass is 536 g/mol. The van der Waals surface area contributed by atoms with E-state index in [1.165, 1.54) is 6.42 Å². The summed E-state index contributed by atoms with van der Waals surface area (Å²) in [7, 11) is 0. The van der Waals surface area contributed by atoms with Gasteiger partial charge in [-0.1, -0.05) is 11.6 Å². The zero-order valence-electron chi connectivity index (χ0n) is 16.9.